The van der Waals surface area contributed by atoms with Crippen LogP contribution in [0.15, 0.2) is 96.5 Å². The molecule has 4 rings (SSSR count). The van der Waals surface area contributed by atoms with Gasteiger partial charge in [0.1, 0.15) is 6.54 Å². The third-order valence-corrected chi connectivity index (χ3v) is 6.83. The van der Waals surface area contributed by atoms with Crippen LogP contribution in [-0.2, 0) is 24.4 Å². The minimum atomic E-state index is -0.0841. The Morgan fingerprint density at radius 1 is 0.806 bits per heavy atom. The second kappa shape index (κ2) is 12.4. The number of carbonyl (C=O) groups is 2. The maximum absolute atomic E-state index is 13.7. The highest BCUT2D eigenvalue weighted by molar-refractivity contribution is 7.12. The highest BCUT2D eigenvalue weighted by Gasteiger charge is 2.24. The first-order valence-corrected chi connectivity index (χ1v) is 13.2. The number of benzene rings is 2. The van der Waals surface area contributed by atoms with E-state index in [2.05, 4.69) is 42.8 Å². The monoisotopic (exact) mass is 499 g/mol. The minimum absolute atomic E-state index is 0.0567. The molecule has 0 bridgehead atoms. The molecule has 0 unspecified atom stereocenters. The summed E-state index contributed by atoms with van der Waals surface area (Å²) in [5.74, 6) is 0.114. The zero-order chi connectivity index (χ0) is 25.3. The van der Waals surface area contributed by atoms with Crippen molar-refractivity contribution in [1.29, 1.82) is 0 Å². The molecule has 0 atom stereocenters. The average molecular weight is 500 g/mol. The van der Waals surface area contributed by atoms with Crippen LogP contribution in [0.5, 0.6) is 0 Å². The Kier molecular flexibility index (Phi) is 8.74. The summed E-state index contributed by atoms with van der Waals surface area (Å²) in [6.07, 6.45) is 2.05. The van der Waals surface area contributed by atoms with Crippen molar-refractivity contribution in [2.24, 2.45) is 5.92 Å². The molecule has 36 heavy (non-hydrogen) atoms. The van der Waals surface area contributed by atoms with Gasteiger partial charge in [-0.05, 0) is 40.6 Å². The molecule has 2 aromatic heterocycles. The van der Waals surface area contributed by atoms with Gasteiger partial charge < -0.3 is 14.4 Å². The van der Waals surface area contributed by atoms with E-state index in [0.29, 0.717) is 24.5 Å². The SMILES string of the molecule is CC(C)CN(CC(=O)N(Cc1ccccc1)Cc1cccn1Cc1ccccc1)C(=O)c1cccs1. The van der Waals surface area contributed by atoms with Crippen molar-refractivity contribution >= 4 is 23.2 Å². The Morgan fingerprint density at radius 2 is 1.50 bits per heavy atom. The highest BCUT2D eigenvalue weighted by atomic mass is 32.1. The molecule has 2 amide bonds. The Hall–Kier alpha value is -3.64. The second-order valence-corrected chi connectivity index (χ2v) is 10.4. The summed E-state index contributed by atoms with van der Waals surface area (Å²) in [6, 6.07) is 28.1. The third kappa shape index (κ3) is 6.95. The summed E-state index contributed by atoms with van der Waals surface area (Å²) in [5, 5.41) is 1.89. The Bertz CT molecular complexity index is 1230. The van der Waals surface area contributed by atoms with Crippen LogP contribution in [0, 0.1) is 5.92 Å². The number of nitrogens with zero attached hydrogens (tertiary/aromatic N) is 3. The van der Waals surface area contributed by atoms with Gasteiger partial charge in [0.05, 0.1) is 11.4 Å². The van der Waals surface area contributed by atoms with Crippen molar-refractivity contribution in [1.82, 2.24) is 14.4 Å². The molecule has 0 N–H and O–H groups in total. The average Bonchev–Trinajstić information content (AvgIpc) is 3.56. The normalized spacial score (nSPS) is 11.0. The van der Waals surface area contributed by atoms with Crippen LogP contribution in [0.4, 0.5) is 0 Å². The van der Waals surface area contributed by atoms with E-state index in [0.717, 1.165) is 17.8 Å². The van der Waals surface area contributed by atoms with Crippen LogP contribution in [0.1, 0.15) is 40.3 Å². The van der Waals surface area contributed by atoms with E-state index in [9.17, 15) is 9.59 Å². The van der Waals surface area contributed by atoms with Gasteiger partial charge in [-0.25, -0.2) is 0 Å². The van der Waals surface area contributed by atoms with E-state index in [1.165, 1.54) is 16.9 Å². The van der Waals surface area contributed by atoms with Crippen LogP contribution < -0.4 is 0 Å². The summed E-state index contributed by atoms with van der Waals surface area (Å²) in [7, 11) is 0. The van der Waals surface area contributed by atoms with E-state index < -0.39 is 0 Å². The predicted octanol–water partition coefficient (Wildman–Crippen LogP) is 5.93. The third-order valence-electron chi connectivity index (χ3n) is 5.97. The molecule has 0 aliphatic rings. The number of amides is 2. The van der Waals surface area contributed by atoms with Gasteiger partial charge in [0, 0.05) is 31.5 Å². The molecule has 0 spiro atoms. The van der Waals surface area contributed by atoms with E-state index in [1.807, 2.05) is 77.0 Å². The summed E-state index contributed by atoms with van der Waals surface area (Å²) >= 11 is 1.41. The quantitative estimate of drug-likeness (QED) is 0.257. The number of hydrogen-bond acceptors (Lipinski definition) is 3. The first-order valence-electron chi connectivity index (χ1n) is 12.3. The van der Waals surface area contributed by atoms with Crippen LogP contribution in [0.3, 0.4) is 0 Å². The van der Waals surface area contributed by atoms with E-state index >= 15 is 0 Å². The van der Waals surface area contributed by atoms with Crippen molar-refractivity contribution in [2.45, 2.75) is 33.5 Å². The van der Waals surface area contributed by atoms with Crippen LogP contribution >= 0.6 is 11.3 Å². The smallest absolute Gasteiger partial charge is 0.264 e. The molecule has 6 heteroatoms. The Balaban J connectivity index is 1.55. The number of rotatable bonds is 11. The fourth-order valence-electron chi connectivity index (χ4n) is 4.24. The molecule has 0 radical (unpaired) electrons. The molecule has 5 nitrogen and oxygen atoms in total. The first kappa shape index (κ1) is 25.5. The second-order valence-electron chi connectivity index (χ2n) is 9.41. The predicted molar refractivity (Wildman–Crippen MR) is 146 cm³/mol. The van der Waals surface area contributed by atoms with Crippen molar-refractivity contribution in [3.05, 3.63) is 118 Å². The highest BCUT2D eigenvalue weighted by Crippen LogP contribution is 2.17. The van der Waals surface area contributed by atoms with Crippen LogP contribution in [-0.4, -0.2) is 39.3 Å². The van der Waals surface area contributed by atoms with Crippen molar-refractivity contribution in [3.8, 4) is 0 Å². The molecule has 2 heterocycles. The summed E-state index contributed by atoms with van der Waals surface area (Å²) < 4.78 is 2.18. The molecule has 4 aromatic rings. The molecule has 0 saturated heterocycles. The van der Waals surface area contributed by atoms with Crippen LogP contribution in [0.25, 0.3) is 0 Å². The van der Waals surface area contributed by atoms with Gasteiger partial charge >= 0.3 is 0 Å². The molecular weight excluding hydrogens is 466 g/mol. The lowest BCUT2D eigenvalue weighted by Gasteiger charge is -2.29. The van der Waals surface area contributed by atoms with Gasteiger partial charge in [-0.15, -0.1) is 11.3 Å². The molecule has 2 aromatic carbocycles. The van der Waals surface area contributed by atoms with E-state index in [1.54, 1.807) is 4.90 Å². The van der Waals surface area contributed by atoms with Gasteiger partial charge in [0.25, 0.3) is 5.91 Å². The van der Waals surface area contributed by atoms with E-state index in [-0.39, 0.29) is 24.3 Å². The molecule has 0 saturated carbocycles. The Labute approximate surface area is 217 Å². The first-order chi connectivity index (χ1) is 17.5. The van der Waals surface area contributed by atoms with Gasteiger partial charge in [-0.2, -0.15) is 0 Å². The zero-order valence-electron chi connectivity index (χ0n) is 20.9. The standard InChI is InChI=1S/C30H33N3O2S/c1-24(2)19-33(30(35)28-16-10-18-36-28)23-29(34)32(21-26-13-7-4-8-14-26)22-27-15-9-17-31(27)20-25-11-5-3-6-12-25/h3-18,24H,19-23H2,1-2H3. The van der Waals surface area contributed by atoms with Crippen LogP contribution in [0.2, 0.25) is 0 Å². The van der Waals surface area contributed by atoms with Gasteiger partial charge in [0.15, 0.2) is 0 Å². The van der Waals surface area contributed by atoms with E-state index in [4.69, 9.17) is 0 Å². The number of hydrogen-bond donors (Lipinski definition) is 0. The van der Waals surface area contributed by atoms with Crippen molar-refractivity contribution < 1.29 is 9.59 Å². The maximum Gasteiger partial charge on any atom is 0.264 e. The lowest BCUT2D eigenvalue weighted by molar-refractivity contribution is -0.133. The van der Waals surface area contributed by atoms with Crippen molar-refractivity contribution in [3.63, 3.8) is 0 Å². The number of aromatic nitrogens is 1. The summed E-state index contributed by atoms with van der Waals surface area (Å²) in [5.41, 5.74) is 3.33. The summed E-state index contributed by atoms with van der Waals surface area (Å²) in [6.45, 7) is 6.42. The fourth-order valence-corrected chi connectivity index (χ4v) is 4.93. The minimum Gasteiger partial charge on any atom is -0.345 e. The van der Waals surface area contributed by atoms with Crippen molar-refractivity contribution in [2.75, 3.05) is 13.1 Å². The molecule has 0 aliphatic carbocycles. The topological polar surface area (TPSA) is 45.6 Å². The number of thiophene rings is 1. The molecule has 186 valence electrons. The molecular formula is C30H33N3O2S. The zero-order valence-corrected chi connectivity index (χ0v) is 21.7. The fraction of sp³-hybridized carbons (Fsp3) is 0.267. The van der Waals surface area contributed by atoms with Gasteiger partial charge in [-0.1, -0.05) is 80.6 Å². The molecule has 0 aliphatic heterocycles. The lowest BCUT2D eigenvalue weighted by Crippen LogP contribution is -2.43. The summed E-state index contributed by atoms with van der Waals surface area (Å²) in [4.78, 5) is 31.1. The molecule has 0 fully saturated rings. The van der Waals surface area contributed by atoms with Gasteiger partial charge in [-0.3, -0.25) is 9.59 Å². The Morgan fingerprint density at radius 3 is 2.14 bits per heavy atom. The largest absolute Gasteiger partial charge is 0.345 e. The van der Waals surface area contributed by atoms with Gasteiger partial charge in [0.2, 0.25) is 5.91 Å². The maximum atomic E-state index is 13.7. The lowest BCUT2D eigenvalue weighted by atomic mass is 10.2. The number of carbonyl (C=O) groups excluding carboxylic acids is 2.